The highest BCUT2D eigenvalue weighted by atomic mass is 35.5. The van der Waals surface area contributed by atoms with Crippen LogP contribution < -0.4 is 5.73 Å². The van der Waals surface area contributed by atoms with Crippen LogP contribution in [0.1, 0.15) is 85.0 Å². The molecule has 4 rings (SSSR count). The van der Waals surface area contributed by atoms with Gasteiger partial charge in [0.1, 0.15) is 0 Å². The van der Waals surface area contributed by atoms with Crippen molar-refractivity contribution in [2.75, 3.05) is 39.3 Å². The highest BCUT2D eigenvalue weighted by Gasteiger charge is 2.41. The average Bonchev–Trinajstić information content (AvgIpc) is 3.01. The van der Waals surface area contributed by atoms with E-state index >= 15 is 0 Å². The summed E-state index contributed by atoms with van der Waals surface area (Å²) in [5, 5.41) is 11.1. The molecule has 6 atom stereocenters. The predicted octanol–water partition coefficient (Wildman–Crippen LogP) is 5.32. The molecule has 2 aliphatic carbocycles. The van der Waals surface area contributed by atoms with Crippen molar-refractivity contribution in [2.24, 2.45) is 23.5 Å². The third-order valence-corrected chi connectivity index (χ3v) is 9.87. The van der Waals surface area contributed by atoms with E-state index in [1.54, 1.807) is 5.57 Å². The Balaban J connectivity index is 1.40. The molecule has 3 fully saturated rings. The minimum absolute atomic E-state index is 0.317. The number of nitrogens with zero attached hydrogens (tertiary/aromatic N) is 2. The number of allylic oxidation sites excluding steroid dienone is 2. The molecule has 36 heavy (non-hydrogen) atoms. The third kappa shape index (κ3) is 7.28. The van der Waals surface area contributed by atoms with Gasteiger partial charge in [0.25, 0.3) is 0 Å². The number of aliphatic hydroxyl groups is 1. The molecule has 6 heteroatoms. The van der Waals surface area contributed by atoms with E-state index in [4.69, 9.17) is 22.1 Å². The van der Waals surface area contributed by atoms with E-state index in [-0.39, 0.29) is 0 Å². The average molecular weight is 522 g/mol. The number of hydrogen-bond acceptors (Lipinski definition) is 5. The largest absolute Gasteiger partial charge is 0.390 e. The number of halogens is 1. The smallest absolute Gasteiger partial charge is 0.0640 e. The molecule has 206 valence electrons. The Hall–Kier alpha value is -0.590. The van der Waals surface area contributed by atoms with Crippen molar-refractivity contribution >= 4 is 11.6 Å². The predicted molar refractivity (Wildman–Crippen MR) is 150 cm³/mol. The fraction of sp³-hybridized carbons (Fsp3) is 0.867. The summed E-state index contributed by atoms with van der Waals surface area (Å²) in [6.07, 6.45) is 16.2. The van der Waals surface area contributed by atoms with Crippen LogP contribution in [0, 0.1) is 17.8 Å². The molecule has 0 radical (unpaired) electrons. The van der Waals surface area contributed by atoms with E-state index in [1.165, 1.54) is 5.70 Å². The zero-order chi connectivity index (χ0) is 25.7. The first-order chi connectivity index (χ1) is 17.3. The Morgan fingerprint density at radius 2 is 2.06 bits per heavy atom. The summed E-state index contributed by atoms with van der Waals surface area (Å²) in [4.78, 5) is 5.29. The normalized spacial score (nSPS) is 35.9. The Morgan fingerprint density at radius 1 is 1.22 bits per heavy atom. The molecule has 0 aromatic rings. The van der Waals surface area contributed by atoms with Gasteiger partial charge in [-0.25, -0.2) is 0 Å². The molecular weight excluding hydrogens is 470 g/mol. The zero-order valence-corrected chi connectivity index (χ0v) is 23.9. The Labute approximate surface area is 225 Å². The summed E-state index contributed by atoms with van der Waals surface area (Å²) in [7, 11) is 0. The maximum Gasteiger partial charge on any atom is 0.0640 e. The minimum Gasteiger partial charge on any atom is -0.390 e. The van der Waals surface area contributed by atoms with Crippen LogP contribution in [0.2, 0.25) is 0 Å². The highest BCUT2D eigenvalue weighted by Crippen LogP contribution is 2.45. The molecule has 2 heterocycles. The first kappa shape index (κ1) is 28.4. The van der Waals surface area contributed by atoms with Crippen LogP contribution in [0.3, 0.4) is 0 Å². The van der Waals surface area contributed by atoms with Crippen LogP contribution in [-0.4, -0.2) is 77.4 Å². The number of ether oxygens (including phenoxy) is 1. The second-order valence-electron chi connectivity index (χ2n) is 12.5. The molecule has 5 nitrogen and oxygen atoms in total. The lowest BCUT2D eigenvalue weighted by Crippen LogP contribution is -2.51. The standard InChI is InChI=1S/C30H52ClN3O2/c1-22-21-33(17-18-34(22)26-11-9-25(31)10-12-26)16-5-7-27-23(6-4-15-32)14-19-36-29-13-8-24(20-28(27)29)30(2,3)35/h7,11,22-25,28-29,35H,4-6,8-10,12-21,32H2,1-3H3/b27-7+. The van der Waals surface area contributed by atoms with E-state index < -0.39 is 5.60 Å². The van der Waals surface area contributed by atoms with E-state index in [0.29, 0.717) is 35.3 Å². The lowest BCUT2D eigenvalue weighted by Gasteiger charge is -2.43. The first-order valence-electron chi connectivity index (χ1n) is 14.8. The summed E-state index contributed by atoms with van der Waals surface area (Å²) >= 11 is 6.32. The van der Waals surface area contributed by atoms with Gasteiger partial charge in [-0.3, -0.25) is 4.90 Å². The topological polar surface area (TPSA) is 62.0 Å². The second-order valence-corrected chi connectivity index (χ2v) is 13.1. The van der Waals surface area contributed by atoms with Crippen LogP contribution in [0.15, 0.2) is 23.4 Å². The highest BCUT2D eigenvalue weighted by molar-refractivity contribution is 6.20. The van der Waals surface area contributed by atoms with Gasteiger partial charge in [-0.05, 0) is 103 Å². The number of piperazine rings is 1. The van der Waals surface area contributed by atoms with Crippen LogP contribution in [0.5, 0.6) is 0 Å². The van der Waals surface area contributed by atoms with E-state index in [2.05, 4.69) is 28.9 Å². The Bertz CT molecular complexity index is 764. The zero-order valence-electron chi connectivity index (χ0n) is 23.1. The fourth-order valence-corrected chi connectivity index (χ4v) is 7.48. The van der Waals surface area contributed by atoms with E-state index in [0.717, 1.165) is 104 Å². The third-order valence-electron chi connectivity index (χ3n) is 9.47. The second kappa shape index (κ2) is 13.0. The van der Waals surface area contributed by atoms with Gasteiger partial charge in [-0.15, -0.1) is 11.6 Å². The Kier molecular flexibility index (Phi) is 10.2. The molecule has 2 aliphatic heterocycles. The molecule has 0 aromatic heterocycles. The lowest BCUT2D eigenvalue weighted by atomic mass is 9.68. The molecule has 3 N–H and O–H groups in total. The number of alkyl halides is 1. The van der Waals surface area contributed by atoms with Crippen molar-refractivity contribution in [3.8, 4) is 0 Å². The fourth-order valence-electron chi connectivity index (χ4n) is 7.28. The van der Waals surface area contributed by atoms with Gasteiger partial charge < -0.3 is 20.5 Å². The van der Waals surface area contributed by atoms with Crippen molar-refractivity contribution in [1.82, 2.24) is 9.80 Å². The summed E-state index contributed by atoms with van der Waals surface area (Å²) in [6.45, 7) is 12.5. The monoisotopic (exact) mass is 521 g/mol. The summed E-state index contributed by atoms with van der Waals surface area (Å²) < 4.78 is 6.41. The quantitative estimate of drug-likeness (QED) is 0.334. The summed E-state index contributed by atoms with van der Waals surface area (Å²) in [5.41, 5.74) is 8.44. The molecule has 0 amide bonds. The Morgan fingerprint density at radius 3 is 2.75 bits per heavy atom. The van der Waals surface area contributed by atoms with Gasteiger partial charge in [0.2, 0.25) is 0 Å². The molecule has 0 spiro atoms. The lowest BCUT2D eigenvalue weighted by molar-refractivity contribution is -0.0541. The first-order valence-corrected chi connectivity index (χ1v) is 15.3. The number of fused-ring (bicyclic) bond motifs is 1. The van der Waals surface area contributed by atoms with Gasteiger partial charge in [0.05, 0.1) is 11.7 Å². The maximum absolute atomic E-state index is 10.8. The van der Waals surface area contributed by atoms with E-state index in [9.17, 15) is 5.11 Å². The van der Waals surface area contributed by atoms with Crippen molar-refractivity contribution < 1.29 is 9.84 Å². The van der Waals surface area contributed by atoms with Crippen LogP contribution in [0.25, 0.3) is 0 Å². The molecular formula is C30H52ClN3O2. The molecule has 4 aliphatic rings. The molecule has 0 bridgehead atoms. The van der Waals surface area contributed by atoms with Gasteiger partial charge in [-0.1, -0.05) is 17.7 Å². The van der Waals surface area contributed by atoms with Gasteiger partial charge >= 0.3 is 0 Å². The van der Waals surface area contributed by atoms with Gasteiger partial charge in [0.15, 0.2) is 0 Å². The van der Waals surface area contributed by atoms with E-state index in [1.807, 2.05) is 13.8 Å². The van der Waals surface area contributed by atoms with Gasteiger partial charge in [-0.2, -0.15) is 0 Å². The SMILES string of the molecule is CC1CN(CC/C=C2\C(CCCN)CCOC3CCC(C(C)(C)O)CC23)CCN1C1=CCC(Cl)CC1. The number of hydrogen-bond donors (Lipinski definition) is 2. The van der Waals surface area contributed by atoms with Crippen LogP contribution in [-0.2, 0) is 4.74 Å². The molecule has 2 saturated heterocycles. The molecule has 1 saturated carbocycles. The summed E-state index contributed by atoms with van der Waals surface area (Å²) in [6, 6.07) is 0.559. The minimum atomic E-state index is -0.622. The molecule has 6 unspecified atom stereocenters. The van der Waals surface area contributed by atoms with Crippen molar-refractivity contribution in [2.45, 2.75) is 108 Å². The molecule has 0 aromatic carbocycles. The van der Waals surface area contributed by atoms with Crippen LogP contribution in [0.4, 0.5) is 0 Å². The van der Waals surface area contributed by atoms with Gasteiger partial charge in [0, 0.05) is 55.8 Å². The summed E-state index contributed by atoms with van der Waals surface area (Å²) in [5.74, 6) is 1.36. The van der Waals surface area contributed by atoms with Crippen molar-refractivity contribution in [3.63, 3.8) is 0 Å². The van der Waals surface area contributed by atoms with Crippen molar-refractivity contribution in [1.29, 1.82) is 0 Å². The number of rotatable bonds is 8. The maximum atomic E-state index is 10.8. The number of nitrogens with two attached hydrogens (primary N) is 1. The van der Waals surface area contributed by atoms with Crippen molar-refractivity contribution in [3.05, 3.63) is 23.4 Å². The van der Waals surface area contributed by atoms with Crippen LogP contribution >= 0.6 is 11.6 Å².